The van der Waals surface area contributed by atoms with Gasteiger partial charge in [0.25, 0.3) is 5.69 Å². The average Bonchev–Trinajstić information content (AvgIpc) is 2.65. The molecule has 1 aromatic heterocycles. The Hall–Kier alpha value is -3.95. The van der Waals surface area contributed by atoms with Gasteiger partial charge in [-0.2, -0.15) is 5.10 Å². The van der Waals surface area contributed by atoms with Gasteiger partial charge in [0.15, 0.2) is 0 Å². The van der Waals surface area contributed by atoms with Gasteiger partial charge in [-0.05, 0) is 25.1 Å². The van der Waals surface area contributed by atoms with Crippen molar-refractivity contribution in [1.82, 2.24) is 9.97 Å². The molecule has 26 heavy (non-hydrogen) atoms. The predicted molar refractivity (Wildman–Crippen MR) is 95.1 cm³/mol. The summed E-state index contributed by atoms with van der Waals surface area (Å²) in [5.41, 5.74) is 4.17. The Bertz CT molecular complexity index is 1050. The third-order valence-corrected chi connectivity index (χ3v) is 3.55. The van der Waals surface area contributed by atoms with Crippen molar-refractivity contribution in [2.24, 2.45) is 5.10 Å². The molecular weight excluding hydrogens is 340 g/mol. The Morgan fingerprint density at radius 3 is 2.50 bits per heavy atom. The molecule has 0 aliphatic carbocycles. The fraction of sp³-hybridized carbons (Fsp3) is 0.0625. The standard InChI is InChI=1S/C16H12N6O4/c1-10(15-9-17-12-4-2-3-5-13(12)18-15)19-20-14-7-6-11(21(23)24)8-16(14)22(25)26/h2-9,20H,1H3. The zero-order valence-corrected chi connectivity index (χ0v) is 13.5. The maximum Gasteiger partial charge on any atom is 0.301 e. The maximum atomic E-state index is 11.1. The van der Waals surface area contributed by atoms with E-state index in [0.717, 1.165) is 17.6 Å². The van der Waals surface area contributed by atoms with Gasteiger partial charge in [0.05, 0.1) is 38.9 Å². The van der Waals surface area contributed by atoms with E-state index >= 15 is 0 Å². The fourth-order valence-corrected chi connectivity index (χ4v) is 2.21. The highest BCUT2D eigenvalue weighted by atomic mass is 16.6. The van der Waals surface area contributed by atoms with Gasteiger partial charge < -0.3 is 0 Å². The summed E-state index contributed by atoms with van der Waals surface area (Å²) in [5, 5.41) is 26.0. The molecule has 0 aliphatic rings. The Labute approximate surface area is 146 Å². The van der Waals surface area contributed by atoms with E-state index in [1.54, 1.807) is 13.1 Å². The quantitative estimate of drug-likeness (QED) is 0.422. The summed E-state index contributed by atoms with van der Waals surface area (Å²) in [5.74, 6) is 0. The van der Waals surface area contributed by atoms with Crippen molar-refractivity contribution in [3.8, 4) is 0 Å². The molecular formula is C16H12N6O4. The summed E-state index contributed by atoms with van der Waals surface area (Å²) in [6.45, 7) is 1.67. The lowest BCUT2D eigenvalue weighted by atomic mass is 10.2. The van der Waals surface area contributed by atoms with Crippen LogP contribution in [-0.2, 0) is 0 Å². The molecule has 0 bridgehead atoms. The number of anilines is 1. The molecule has 0 unspecified atom stereocenters. The van der Waals surface area contributed by atoms with Crippen molar-refractivity contribution in [3.05, 3.63) is 74.6 Å². The zero-order chi connectivity index (χ0) is 18.7. The van der Waals surface area contributed by atoms with Crippen molar-refractivity contribution in [2.45, 2.75) is 6.92 Å². The van der Waals surface area contributed by atoms with E-state index in [1.807, 2.05) is 24.3 Å². The number of benzene rings is 2. The van der Waals surface area contributed by atoms with Gasteiger partial charge in [-0.25, -0.2) is 4.98 Å². The first-order chi connectivity index (χ1) is 12.5. The summed E-state index contributed by atoms with van der Waals surface area (Å²) in [6.07, 6.45) is 1.55. The van der Waals surface area contributed by atoms with Crippen LogP contribution in [-0.4, -0.2) is 25.5 Å². The van der Waals surface area contributed by atoms with E-state index in [0.29, 0.717) is 16.9 Å². The summed E-state index contributed by atoms with van der Waals surface area (Å²) in [6, 6.07) is 10.6. The minimum absolute atomic E-state index is 0.0358. The van der Waals surface area contributed by atoms with Crippen LogP contribution in [0.5, 0.6) is 0 Å². The third kappa shape index (κ3) is 3.43. The van der Waals surface area contributed by atoms with Crippen LogP contribution in [0.15, 0.2) is 53.8 Å². The van der Waals surface area contributed by atoms with Crippen molar-refractivity contribution in [1.29, 1.82) is 0 Å². The third-order valence-electron chi connectivity index (χ3n) is 3.55. The van der Waals surface area contributed by atoms with Crippen molar-refractivity contribution in [3.63, 3.8) is 0 Å². The van der Waals surface area contributed by atoms with Gasteiger partial charge in [0.2, 0.25) is 0 Å². The van der Waals surface area contributed by atoms with Crippen LogP contribution in [0.2, 0.25) is 0 Å². The fourth-order valence-electron chi connectivity index (χ4n) is 2.21. The van der Waals surface area contributed by atoms with Gasteiger partial charge in [-0.1, -0.05) is 12.1 Å². The summed E-state index contributed by atoms with van der Waals surface area (Å²) in [7, 11) is 0. The van der Waals surface area contributed by atoms with Crippen molar-refractivity contribution < 1.29 is 9.85 Å². The van der Waals surface area contributed by atoms with Gasteiger partial charge in [-0.15, -0.1) is 0 Å². The van der Waals surface area contributed by atoms with Gasteiger partial charge in [-0.3, -0.25) is 30.6 Å². The lowest BCUT2D eigenvalue weighted by Gasteiger charge is -2.05. The number of para-hydroxylation sites is 2. The van der Waals surface area contributed by atoms with Crippen LogP contribution in [0.25, 0.3) is 11.0 Å². The monoisotopic (exact) mass is 352 g/mol. The molecule has 0 saturated heterocycles. The zero-order valence-electron chi connectivity index (χ0n) is 13.5. The van der Waals surface area contributed by atoms with Crippen LogP contribution in [0.3, 0.4) is 0 Å². The normalized spacial score (nSPS) is 11.3. The Kier molecular flexibility index (Phi) is 4.48. The van der Waals surface area contributed by atoms with Crippen LogP contribution in [0, 0.1) is 20.2 Å². The van der Waals surface area contributed by atoms with Crippen LogP contribution in [0.1, 0.15) is 12.6 Å². The number of nitrogens with zero attached hydrogens (tertiary/aromatic N) is 5. The number of hydrogen-bond donors (Lipinski definition) is 1. The Morgan fingerprint density at radius 1 is 1.08 bits per heavy atom. The molecule has 2 aromatic carbocycles. The first-order valence-electron chi connectivity index (χ1n) is 7.41. The molecule has 3 rings (SSSR count). The minimum Gasteiger partial charge on any atom is -0.271 e. The number of hydrogen-bond acceptors (Lipinski definition) is 8. The SMILES string of the molecule is CC(=NNc1ccc([N+](=O)[O-])cc1[N+](=O)[O-])c1cnc2ccccc2n1. The largest absolute Gasteiger partial charge is 0.301 e. The molecule has 0 spiro atoms. The van der Waals surface area contributed by atoms with Gasteiger partial charge in [0, 0.05) is 6.07 Å². The van der Waals surface area contributed by atoms with E-state index in [1.165, 1.54) is 6.07 Å². The number of hydrazone groups is 1. The minimum atomic E-state index is -0.712. The summed E-state index contributed by atoms with van der Waals surface area (Å²) < 4.78 is 0. The molecule has 0 atom stereocenters. The number of aromatic nitrogens is 2. The number of fused-ring (bicyclic) bond motifs is 1. The van der Waals surface area contributed by atoms with E-state index in [9.17, 15) is 20.2 Å². The van der Waals surface area contributed by atoms with Gasteiger partial charge in [0.1, 0.15) is 11.4 Å². The van der Waals surface area contributed by atoms with Crippen molar-refractivity contribution >= 4 is 33.8 Å². The lowest BCUT2D eigenvalue weighted by Crippen LogP contribution is -2.05. The Morgan fingerprint density at radius 2 is 1.81 bits per heavy atom. The number of nitro benzene ring substituents is 2. The van der Waals surface area contributed by atoms with Crippen LogP contribution >= 0.6 is 0 Å². The second-order valence-electron chi connectivity index (χ2n) is 5.27. The molecule has 10 heteroatoms. The highest BCUT2D eigenvalue weighted by Crippen LogP contribution is 2.29. The van der Waals surface area contributed by atoms with Crippen LogP contribution in [0.4, 0.5) is 17.1 Å². The summed E-state index contributed by atoms with van der Waals surface area (Å²) >= 11 is 0. The number of non-ortho nitro benzene ring substituents is 1. The highest BCUT2D eigenvalue weighted by molar-refractivity contribution is 5.98. The first kappa shape index (κ1) is 16.9. The van der Waals surface area contributed by atoms with E-state index in [4.69, 9.17) is 0 Å². The van der Waals surface area contributed by atoms with E-state index < -0.39 is 15.5 Å². The average molecular weight is 352 g/mol. The molecule has 130 valence electrons. The first-order valence-corrected chi connectivity index (χ1v) is 7.41. The molecule has 1 heterocycles. The van der Waals surface area contributed by atoms with Gasteiger partial charge >= 0.3 is 5.69 Å². The highest BCUT2D eigenvalue weighted by Gasteiger charge is 2.19. The molecule has 0 aliphatic heterocycles. The topological polar surface area (TPSA) is 136 Å². The van der Waals surface area contributed by atoms with E-state index in [-0.39, 0.29) is 11.4 Å². The molecule has 10 nitrogen and oxygen atoms in total. The second-order valence-corrected chi connectivity index (χ2v) is 5.27. The smallest absolute Gasteiger partial charge is 0.271 e. The van der Waals surface area contributed by atoms with E-state index in [2.05, 4.69) is 20.5 Å². The molecule has 0 fully saturated rings. The van der Waals surface area contributed by atoms with Crippen LogP contribution < -0.4 is 5.43 Å². The molecule has 0 saturated carbocycles. The molecule has 1 N–H and O–H groups in total. The second kappa shape index (κ2) is 6.89. The Balaban J connectivity index is 1.90. The molecule has 0 amide bonds. The summed E-state index contributed by atoms with van der Waals surface area (Å²) in [4.78, 5) is 29.2. The molecule has 3 aromatic rings. The lowest BCUT2D eigenvalue weighted by molar-refractivity contribution is -0.393. The maximum absolute atomic E-state index is 11.1. The number of nitro groups is 2. The number of nitrogens with one attached hydrogen (secondary N) is 1. The number of rotatable bonds is 5. The molecule has 0 radical (unpaired) electrons. The predicted octanol–water partition coefficient (Wildman–Crippen LogP) is 3.28. The van der Waals surface area contributed by atoms with Crippen molar-refractivity contribution in [2.75, 3.05) is 5.43 Å².